The Morgan fingerprint density at radius 3 is 2.43 bits per heavy atom. The number of nitrogens with two attached hydrogens (primary N) is 1. The third-order valence-electron chi connectivity index (χ3n) is 8.38. The molecule has 196 valence electrons. The maximum Gasteiger partial charge on any atom is 0.255 e. The van der Waals surface area contributed by atoms with Crippen molar-refractivity contribution in [1.82, 2.24) is 0 Å². The average Bonchev–Trinajstić information content (AvgIpc) is 2.81. The van der Waals surface area contributed by atoms with Crippen LogP contribution in [0.25, 0.3) is 5.76 Å². The predicted molar refractivity (Wildman–Crippen MR) is 154 cm³/mol. The van der Waals surface area contributed by atoms with Gasteiger partial charge in [-0.2, -0.15) is 0 Å². The number of hydrogen-bond donors (Lipinski definition) is 3. The number of benzene rings is 1. The number of ketones is 2. The van der Waals surface area contributed by atoms with Crippen molar-refractivity contribution < 1.29 is 30.7 Å². The first-order valence-corrected chi connectivity index (χ1v) is 13.8. The third kappa shape index (κ3) is 3.81. The minimum absolute atomic E-state index is 0.0153. The van der Waals surface area contributed by atoms with E-state index in [0.29, 0.717) is 11.1 Å². The van der Waals surface area contributed by atoms with E-state index < -0.39 is 45.6 Å². The van der Waals surface area contributed by atoms with E-state index in [1.165, 1.54) is 23.0 Å². The highest BCUT2D eigenvalue weighted by Crippen LogP contribution is 2.64. The van der Waals surface area contributed by atoms with E-state index in [2.05, 4.69) is 6.92 Å². The number of halogens is 2. The van der Waals surface area contributed by atoms with Crippen LogP contribution in [0.15, 0.2) is 29.0 Å². The molecule has 0 aliphatic heterocycles. The summed E-state index contributed by atoms with van der Waals surface area (Å²) in [7, 11) is 6.80. The van der Waals surface area contributed by atoms with Crippen molar-refractivity contribution in [3.8, 4) is 5.75 Å². The summed E-state index contributed by atoms with van der Waals surface area (Å²) in [5.74, 6) is -4.33. The first-order valence-electron chi connectivity index (χ1n) is 12.0. The highest BCUT2D eigenvalue weighted by molar-refractivity contribution is 14.1. The fraction of sp³-hybridized carbons (Fsp3) is 0.500. The molecule has 4 atom stereocenters. The van der Waals surface area contributed by atoms with E-state index in [-0.39, 0.29) is 46.8 Å². The van der Waals surface area contributed by atoms with Gasteiger partial charge in [-0.15, -0.1) is 0 Å². The normalized spacial score (nSPS) is 29.6. The molecule has 1 amide bonds. The van der Waals surface area contributed by atoms with E-state index in [9.17, 15) is 24.6 Å². The molecule has 1 unspecified atom stereocenters. The number of aliphatic hydroxyl groups excluding tert-OH is 1. The van der Waals surface area contributed by atoms with Crippen LogP contribution >= 0.6 is 46.0 Å². The van der Waals surface area contributed by atoms with Crippen molar-refractivity contribution in [2.75, 3.05) is 0 Å². The number of carbonyl (C=O) groups excluding carboxylic acids is 3. The van der Waals surface area contributed by atoms with Crippen LogP contribution in [0.1, 0.15) is 76.0 Å². The number of aromatic hydroxyl groups is 1. The van der Waals surface area contributed by atoms with Crippen LogP contribution in [0.5, 0.6) is 5.75 Å². The number of Topliss-reactive ketones (excluding diaryl/α,β-unsaturated/α-hetero) is 2. The summed E-state index contributed by atoms with van der Waals surface area (Å²) in [5.41, 5.74) is 3.77. The molecule has 4 N–H and O–H groups in total. The van der Waals surface area contributed by atoms with Crippen molar-refractivity contribution in [2.24, 2.45) is 11.7 Å². The predicted octanol–water partition coefficient (Wildman–Crippen LogP) is 4.96. The number of hydrogen-bond acceptors (Lipinski definition) is 7. The number of primary amides is 1. The summed E-state index contributed by atoms with van der Waals surface area (Å²) < 4.78 is 10.9. The molecule has 0 spiro atoms. The Hall–Kier alpha value is -1.61. The molecule has 11 heteroatoms. The lowest BCUT2D eigenvalue weighted by Crippen LogP contribution is -2.65. The van der Waals surface area contributed by atoms with Crippen LogP contribution in [0.2, 0.25) is 5.31 Å². The van der Waals surface area contributed by atoms with Crippen LogP contribution in [0.3, 0.4) is 0 Å². The fourth-order valence-electron chi connectivity index (χ4n) is 6.49. The molecular formula is C26H28BI2NO7. The second kappa shape index (κ2) is 9.54. The van der Waals surface area contributed by atoms with E-state index in [0.717, 1.165) is 12.8 Å². The van der Waals surface area contributed by atoms with Gasteiger partial charge in [0.05, 0.1) is 13.4 Å². The molecule has 0 saturated heterocycles. The van der Waals surface area contributed by atoms with Gasteiger partial charge in [0.1, 0.15) is 45.8 Å². The fourth-order valence-corrected chi connectivity index (χ4v) is 7.70. The number of carbonyl (C=O) groups is 3. The van der Waals surface area contributed by atoms with E-state index in [1.807, 2.05) is 32.9 Å². The van der Waals surface area contributed by atoms with Crippen molar-refractivity contribution in [3.63, 3.8) is 0 Å². The highest BCUT2D eigenvalue weighted by Gasteiger charge is 2.69. The number of amides is 1. The number of phenols is 1. The lowest BCUT2D eigenvalue weighted by Gasteiger charge is -2.55. The standard InChI is InChI=1S/C26H28BI2NO7/c1-5-8-24(3,4)14-7-6-12-11(2)13-9-25(27)10-15(36-28)18(23(30)35)22(34)26(25,37-29)21(33)17(13)20(32)16(12)19(14)31/h6-7,11,13,31-32H,5,8-10H2,1-4H3,(H2,30,35)/t11-,13?,25+,26-/m0/s1. The zero-order valence-electron chi connectivity index (χ0n) is 21.0. The SMILES string of the molecule is [B][C@]12CC(OI)=C(C(N)=O)C(=O)[C@@]1(OI)C(=O)C1=C(O)c3c(ccc(C(C)(C)CCC)c3O)[C@H](C)C1C2. The summed E-state index contributed by atoms with van der Waals surface area (Å²) in [4.78, 5) is 40.2. The molecule has 8 nitrogen and oxygen atoms in total. The van der Waals surface area contributed by atoms with E-state index in [4.69, 9.17) is 19.7 Å². The summed E-state index contributed by atoms with van der Waals surface area (Å²) in [5, 5.41) is 21.4. The van der Waals surface area contributed by atoms with Crippen LogP contribution < -0.4 is 5.73 Å². The Kier molecular flexibility index (Phi) is 7.33. The molecule has 1 saturated carbocycles. The largest absolute Gasteiger partial charge is 0.507 e. The molecule has 4 rings (SSSR count). The molecule has 1 aromatic rings. The molecule has 0 bridgehead atoms. The van der Waals surface area contributed by atoms with Gasteiger partial charge in [-0.1, -0.05) is 46.2 Å². The van der Waals surface area contributed by atoms with Gasteiger partial charge in [0.2, 0.25) is 17.2 Å². The molecule has 3 aliphatic rings. The number of rotatable bonds is 6. The topological polar surface area (TPSA) is 136 Å². The van der Waals surface area contributed by atoms with E-state index in [1.54, 1.807) is 23.0 Å². The molecule has 0 aromatic heterocycles. The van der Waals surface area contributed by atoms with Crippen LogP contribution in [-0.4, -0.2) is 41.1 Å². The van der Waals surface area contributed by atoms with Gasteiger partial charge in [-0.3, -0.25) is 17.4 Å². The molecule has 0 heterocycles. The number of fused-ring (bicyclic) bond motifs is 3. The molecule has 2 radical (unpaired) electrons. The average molecular weight is 731 g/mol. The highest BCUT2D eigenvalue weighted by atomic mass is 127. The number of aliphatic hydroxyl groups is 1. The molecular weight excluding hydrogens is 703 g/mol. The van der Waals surface area contributed by atoms with Crippen molar-refractivity contribution in [2.45, 2.75) is 75.6 Å². The Bertz CT molecular complexity index is 1290. The van der Waals surface area contributed by atoms with Gasteiger partial charge in [-0.25, -0.2) is 0 Å². The Balaban J connectivity index is 1.99. The Labute approximate surface area is 245 Å². The number of phenolic OH excluding ortho intramolecular Hbond substituents is 1. The minimum atomic E-state index is -2.30. The minimum Gasteiger partial charge on any atom is -0.507 e. The lowest BCUT2D eigenvalue weighted by molar-refractivity contribution is -0.149. The third-order valence-corrected chi connectivity index (χ3v) is 9.57. The van der Waals surface area contributed by atoms with Gasteiger partial charge >= 0.3 is 0 Å². The van der Waals surface area contributed by atoms with Gasteiger partial charge in [0, 0.05) is 17.6 Å². The summed E-state index contributed by atoms with van der Waals surface area (Å²) in [6, 6.07) is 3.74. The van der Waals surface area contributed by atoms with Crippen LogP contribution in [-0.2, 0) is 25.9 Å². The Morgan fingerprint density at radius 1 is 1.24 bits per heavy atom. The molecule has 37 heavy (non-hydrogen) atoms. The quantitative estimate of drug-likeness (QED) is 0.163. The first-order chi connectivity index (χ1) is 17.2. The smallest absolute Gasteiger partial charge is 0.255 e. The summed E-state index contributed by atoms with van der Waals surface area (Å²) >= 11 is 2.98. The maximum absolute atomic E-state index is 14.2. The summed E-state index contributed by atoms with van der Waals surface area (Å²) in [6.45, 7) is 7.97. The number of allylic oxidation sites excluding steroid dienone is 1. The summed E-state index contributed by atoms with van der Waals surface area (Å²) in [6.07, 6.45) is 1.62. The molecule has 1 fully saturated rings. The van der Waals surface area contributed by atoms with Crippen molar-refractivity contribution in [1.29, 1.82) is 0 Å². The van der Waals surface area contributed by atoms with Gasteiger partial charge in [0.15, 0.2) is 23.0 Å². The van der Waals surface area contributed by atoms with Crippen LogP contribution in [0, 0.1) is 5.92 Å². The van der Waals surface area contributed by atoms with Gasteiger partial charge in [0.25, 0.3) is 5.91 Å². The van der Waals surface area contributed by atoms with Gasteiger partial charge in [-0.05, 0) is 41.0 Å². The monoisotopic (exact) mass is 731 g/mol. The second-order valence-electron chi connectivity index (χ2n) is 10.9. The van der Waals surface area contributed by atoms with Crippen molar-refractivity contribution >= 4 is 77.1 Å². The Morgan fingerprint density at radius 2 is 1.89 bits per heavy atom. The van der Waals surface area contributed by atoms with Gasteiger partial charge < -0.3 is 19.0 Å². The molecule has 1 aromatic carbocycles. The van der Waals surface area contributed by atoms with Crippen LogP contribution in [0.4, 0.5) is 0 Å². The maximum atomic E-state index is 14.2. The first kappa shape index (κ1) is 28.4. The molecule has 3 aliphatic carbocycles. The van der Waals surface area contributed by atoms with Crippen molar-refractivity contribution in [3.05, 3.63) is 45.7 Å². The second-order valence-corrected chi connectivity index (χ2v) is 11.8. The zero-order valence-corrected chi connectivity index (χ0v) is 25.3. The lowest BCUT2D eigenvalue weighted by atomic mass is 9.42. The zero-order chi connectivity index (χ0) is 27.7. The van der Waals surface area contributed by atoms with E-state index >= 15 is 0 Å².